The van der Waals surface area contributed by atoms with Gasteiger partial charge in [0.25, 0.3) is 0 Å². The van der Waals surface area contributed by atoms with Crippen LogP contribution in [-0.4, -0.2) is 21.5 Å². The van der Waals surface area contributed by atoms with Crippen molar-refractivity contribution in [3.8, 4) is 0 Å². The Morgan fingerprint density at radius 1 is 1.19 bits per heavy atom. The van der Waals surface area contributed by atoms with Gasteiger partial charge in [0.2, 0.25) is 0 Å². The van der Waals surface area contributed by atoms with Crippen molar-refractivity contribution in [2.75, 3.05) is 11.9 Å². The van der Waals surface area contributed by atoms with Crippen LogP contribution >= 0.6 is 15.9 Å². The van der Waals surface area contributed by atoms with E-state index in [-0.39, 0.29) is 5.41 Å². The van der Waals surface area contributed by atoms with Crippen LogP contribution < -0.4 is 5.32 Å². The molecule has 2 rings (SSSR count). The second kappa shape index (κ2) is 6.52. The molecular weight excluding hydrogens is 328 g/mol. The first-order valence-electron chi connectivity index (χ1n) is 7.12. The molecule has 0 saturated carbocycles. The molecule has 0 radical (unpaired) electrons. The Bertz CT molecular complexity index is 606. The van der Waals surface area contributed by atoms with Gasteiger partial charge < -0.3 is 5.32 Å². The summed E-state index contributed by atoms with van der Waals surface area (Å²) in [5.41, 5.74) is 1.94. The number of pyridine rings is 1. The summed E-state index contributed by atoms with van der Waals surface area (Å²) in [6.07, 6.45) is 2.43. The number of rotatable bonds is 4. The van der Waals surface area contributed by atoms with E-state index in [1.54, 1.807) is 6.20 Å². The second-order valence-electron chi connectivity index (χ2n) is 5.93. The van der Waals surface area contributed by atoms with Crippen LogP contribution in [-0.2, 0) is 11.8 Å². The summed E-state index contributed by atoms with van der Waals surface area (Å²) >= 11 is 3.63. The lowest BCUT2D eigenvalue weighted by Gasteiger charge is -2.22. The van der Waals surface area contributed by atoms with Crippen molar-refractivity contribution in [1.82, 2.24) is 15.0 Å². The highest BCUT2D eigenvalue weighted by atomic mass is 79.9. The zero-order valence-corrected chi connectivity index (χ0v) is 14.5. The molecule has 0 bridgehead atoms. The molecule has 1 N–H and O–H groups in total. The van der Waals surface area contributed by atoms with Gasteiger partial charge in [0.15, 0.2) is 0 Å². The molecule has 0 aliphatic heterocycles. The van der Waals surface area contributed by atoms with Gasteiger partial charge in [0.05, 0.1) is 16.6 Å². The van der Waals surface area contributed by atoms with E-state index in [1.165, 1.54) is 0 Å². The Balaban J connectivity index is 2.44. The average molecular weight is 349 g/mol. The van der Waals surface area contributed by atoms with Gasteiger partial charge in [-0.1, -0.05) is 26.8 Å². The lowest BCUT2D eigenvalue weighted by molar-refractivity contribution is 0.559. The third-order valence-electron chi connectivity index (χ3n) is 3.02. The lowest BCUT2D eigenvalue weighted by atomic mass is 9.91. The van der Waals surface area contributed by atoms with E-state index in [9.17, 15) is 0 Å². The number of anilines is 1. The first-order valence-corrected chi connectivity index (χ1v) is 7.91. The maximum absolute atomic E-state index is 4.74. The molecule has 0 saturated heterocycles. The first kappa shape index (κ1) is 15.9. The van der Waals surface area contributed by atoms with Crippen LogP contribution in [0.2, 0.25) is 0 Å². The van der Waals surface area contributed by atoms with Gasteiger partial charge in [-0.15, -0.1) is 0 Å². The third kappa shape index (κ3) is 4.00. The van der Waals surface area contributed by atoms with Crippen LogP contribution in [0.15, 0.2) is 28.9 Å². The molecule has 0 aromatic carbocycles. The van der Waals surface area contributed by atoms with Crippen molar-refractivity contribution in [2.24, 2.45) is 0 Å². The fourth-order valence-electron chi connectivity index (χ4n) is 2.02. The van der Waals surface area contributed by atoms with Crippen LogP contribution in [0.3, 0.4) is 0 Å². The SMILES string of the molecule is CCNc1nc(Cc2ccccn2)nc(C(C)(C)C)c1Br. The van der Waals surface area contributed by atoms with Crippen molar-refractivity contribution in [2.45, 2.75) is 39.5 Å². The van der Waals surface area contributed by atoms with Crippen molar-refractivity contribution in [3.05, 3.63) is 46.1 Å². The van der Waals surface area contributed by atoms with Crippen LogP contribution in [0.4, 0.5) is 5.82 Å². The molecule has 2 aromatic heterocycles. The standard InChI is InChI=1S/C16H21BrN4/c1-5-18-15-13(17)14(16(2,3)4)20-12(21-15)10-11-8-6-7-9-19-11/h6-9H,5,10H2,1-4H3,(H,18,20,21). The van der Waals surface area contributed by atoms with Crippen LogP contribution in [0.5, 0.6) is 0 Å². The van der Waals surface area contributed by atoms with Crippen molar-refractivity contribution in [1.29, 1.82) is 0 Å². The molecule has 0 aliphatic rings. The Morgan fingerprint density at radius 2 is 1.95 bits per heavy atom. The van der Waals surface area contributed by atoms with E-state index in [1.807, 2.05) is 18.2 Å². The normalized spacial score (nSPS) is 11.5. The summed E-state index contributed by atoms with van der Waals surface area (Å²) in [6, 6.07) is 5.89. The Kier molecular flexibility index (Phi) is 4.93. The molecule has 2 heterocycles. The molecule has 2 aromatic rings. The lowest BCUT2D eigenvalue weighted by Crippen LogP contribution is -2.18. The van der Waals surface area contributed by atoms with Gasteiger partial charge in [-0.05, 0) is 35.0 Å². The van der Waals surface area contributed by atoms with E-state index in [4.69, 9.17) is 4.98 Å². The molecule has 0 unspecified atom stereocenters. The number of nitrogens with one attached hydrogen (secondary N) is 1. The summed E-state index contributed by atoms with van der Waals surface area (Å²) in [4.78, 5) is 13.7. The van der Waals surface area contributed by atoms with Crippen molar-refractivity contribution in [3.63, 3.8) is 0 Å². The number of hydrogen-bond acceptors (Lipinski definition) is 4. The minimum absolute atomic E-state index is 0.0508. The Labute approximate surface area is 134 Å². The highest BCUT2D eigenvalue weighted by molar-refractivity contribution is 9.10. The second-order valence-corrected chi connectivity index (χ2v) is 6.72. The van der Waals surface area contributed by atoms with Crippen molar-refractivity contribution < 1.29 is 0 Å². The van der Waals surface area contributed by atoms with E-state index in [0.29, 0.717) is 6.42 Å². The van der Waals surface area contributed by atoms with Crippen LogP contribution in [0.1, 0.15) is 44.9 Å². The molecular formula is C16H21BrN4. The first-order chi connectivity index (χ1) is 9.91. The summed E-state index contributed by atoms with van der Waals surface area (Å²) in [6.45, 7) is 9.34. The van der Waals surface area contributed by atoms with E-state index in [0.717, 1.165) is 34.0 Å². The largest absolute Gasteiger partial charge is 0.369 e. The highest BCUT2D eigenvalue weighted by Gasteiger charge is 2.23. The zero-order chi connectivity index (χ0) is 15.5. The maximum Gasteiger partial charge on any atom is 0.144 e. The Morgan fingerprint density at radius 3 is 2.52 bits per heavy atom. The number of aromatic nitrogens is 3. The summed E-state index contributed by atoms with van der Waals surface area (Å²) < 4.78 is 0.946. The topological polar surface area (TPSA) is 50.7 Å². The third-order valence-corrected chi connectivity index (χ3v) is 3.77. The molecule has 0 atom stereocenters. The minimum Gasteiger partial charge on any atom is -0.369 e. The maximum atomic E-state index is 4.74. The fourth-order valence-corrected chi connectivity index (χ4v) is 2.93. The summed E-state index contributed by atoms with van der Waals surface area (Å²) in [5, 5.41) is 3.30. The average Bonchev–Trinajstić information content (AvgIpc) is 2.42. The predicted molar refractivity (Wildman–Crippen MR) is 89.6 cm³/mol. The molecule has 5 heteroatoms. The molecule has 112 valence electrons. The van der Waals surface area contributed by atoms with E-state index < -0.39 is 0 Å². The van der Waals surface area contributed by atoms with Crippen molar-refractivity contribution >= 4 is 21.7 Å². The summed E-state index contributed by atoms with van der Waals surface area (Å²) in [5.74, 6) is 1.64. The molecule has 4 nitrogen and oxygen atoms in total. The number of hydrogen-bond donors (Lipinski definition) is 1. The predicted octanol–water partition coefficient (Wildman–Crippen LogP) is 3.95. The van der Waals surface area contributed by atoms with Gasteiger partial charge in [0.1, 0.15) is 11.6 Å². The quantitative estimate of drug-likeness (QED) is 0.908. The molecule has 0 fully saturated rings. The molecule has 21 heavy (non-hydrogen) atoms. The van der Waals surface area contributed by atoms with Crippen LogP contribution in [0, 0.1) is 0 Å². The van der Waals surface area contributed by atoms with Gasteiger partial charge in [-0.25, -0.2) is 9.97 Å². The van der Waals surface area contributed by atoms with Gasteiger partial charge in [0, 0.05) is 23.9 Å². The number of nitrogens with zero attached hydrogens (tertiary/aromatic N) is 3. The number of halogens is 1. The van der Waals surface area contributed by atoms with Crippen LogP contribution in [0.25, 0.3) is 0 Å². The Hall–Kier alpha value is -1.49. The minimum atomic E-state index is -0.0508. The van der Waals surface area contributed by atoms with Gasteiger partial charge >= 0.3 is 0 Å². The fraction of sp³-hybridized carbons (Fsp3) is 0.438. The van der Waals surface area contributed by atoms with Gasteiger partial charge in [-0.2, -0.15) is 0 Å². The molecule has 0 aliphatic carbocycles. The smallest absolute Gasteiger partial charge is 0.144 e. The highest BCUT2D eigenvalue weighted by Crippen LogP contribution is 2.32. The molecule has 0 spiro atoms. The van der Waals surface area contributed by atoms with Gasteiger partial charge in [-0.3, -0.25) is 4.98 Å². The monoisotopic (exact) mass is 348 g/mol. The van der Waals surface area contributed by atoms with E-state index in [2.05, 4.69) is 58.9 Å². The zero-order valence-electron chi connectivity index (χ0n) is 12.9. The molecule has 0 amide bonds. The summed E-state index contributed by atoms with van der Waals surface area (Å²) in [7, 11) is 0. The van der Waals surface area contributed by atoms with E-state index >= 15 is 0 Å².